The van der Waals surface area contributed by atoms with E-state index < -0.39 is 0 Å². The van der Waals surface area contributed by atoms with E-state index in [1.807, 2.05) is 20.2 Å². The first-order valence-corrected chi connectivity index (χ1v) is 6.71. The Balaban J connectivity index is 2.01. The monoisotopic (exact) mass is 262 g/mol. The standard InChI is InChI=1S/C14H22N4O/c1-15-11-6-7-16-13(9-11)14(19)18(3)10-12-5-4-8-17(12)2/h6-7,9,12H,4-5,8,10H2,1-3H3,(H,15,16). The Bertz CT molecular complexity index is 449. The highest BCUT2D eigenvalue weighted by Gasteiger charge is 2.24. The molecule has 0 saturated carbocycles. The van der Waals surface area contributed by atoms with Gasteiger partial charge in [-0.2, -0.15) is 0 Å². The number of nitrogens with zero attached hydrogens (tertiary/aromatic N) is 3. The van der Waals surface area contributed by atoms with E-state index in [2.05, 4.69) is 22.2 Å². The lowest BCUT2D eigenvalue weighted by molar-refractivity contribution is 0.0756. The molecule has 1 aliphatic heterocycles. The summed E-state index contributed by atoms with van der Waals surface area (Å²) in [5, 5.41) is 3.02. The van der Waals surface area contributed by atoms with E-state index in [0.717, 1.165) is 25.2 Å². The molecule has 1 amide bonds. The van der Waals surface area contributed by atoms with Gasteiger partial charge in [-0.3, -0.25) is 9.78 Å². The molecule has 1 fully saturated rings. The number of carbonyl (C=O) groups excluding carboxylic acids is 1. The zero-order valence-corrected chi connectivity index (χ0v) is 11.9. The minimum atomic E-state index is -0.0163. The maximum atomic E-state index is 12.3. The van der Waals surface area contributed by atoms with Crippen LogP contribution in [0.3, 0.4) is 0 Å². The van der Waals surface area contributed by atoms with Crippen LogP contribution in [-0.2, 0) is 0 Å². The summed E-state index contributed by atoms with van der Waals surface area (Å²) in [5.41, 5.74) is 1.40. The average molecular weight is 262 g/mol. The molecule has 5 nitrogen and oxygen atoms in total. The van der Waals surface area contributed by atoms with Gasteiger partial charge in [0.15, 0.2) is 0 Å². The molecule has 1 saturated heterocycles. The second-order valence-corrected chi connectivity index (χ2v) is 5.14. The number of hydrogen-bond donors (Lipinski definition) is 1. The Morgan fingerprint density at radius 1 is 1.63 bits per heavy atom. The smallest absolute Gasteiger partial charge is 0.272 e. The zero-order chi connectivity index (χ0) is 13.8. The first kappa shape index (κ1) is 13.8. The number of anilines is 1. The van der Waals surface area contributed by atoms with E-state index in [1.165, 1.54) is 6.42 Å². The van der Waals surface area contributed by atoms with Crippen molar-refractivity contribution in [2.24, 2.45) is 0 Å². The molecule has 0 bridgehead atoms. The molecule has 1 aromatic heterocycles. The van der Waals surface area contributed by atoms with Crippen molar-refractivity contribution in [3.63, 3.8) is 0 Å². The van der Waals surface area contributed by atoms with Gasteiger partial charge >= 0.3 is 0 Å². The van der Waals surface area contributed by atoms with Gasteiger partial charge in [0, 0.05) is 38.6 Å². The van der Waals surface area contributed by atoms with Crippen molar-refractivity contribution < 1.29 is 4.79 Å². The zero-order valence-electron chi connectivity index (χ0n) is 11.9. The third-order valence-corrected chi connectivity index (χ3v) is 3.77. The average Bonchev–Trinajstić information content (AvgIpc) is 2.83. The number of likely N-dealkylation sites (N-methyl/N-ethyl adjacent to an activating group) is 2. The highest BCUT2D eigenvalue weighted by Crippen LogP contribution is 2.16. The molecule has 1 unspecified atom stereocenters. The van der Waals surface area contributed by atoms with Gasteiger partial charge in [0.05, 0.1) is 0 Å². The van der Waals surface area contributed by atoms with E-state index in [4.69, 9.17) is 0 Å². The van der Waals surface area contributed by atoms with Crippen molar-refractivity contribution in [1.29, 1.82) is 0 Å². The van der Waals surface area contributed by atoms with Crippen LogP contribution in [0.25, 0.3) is 0 Å². The van der Waals surface area contributed by atoms with Crippen LogP contribution in [0.2, 0.25) is 0 Å². The van der Waals surface area contributed by atoms with E-state index in [9.17, 15) is 4.79 Å². The highest BCUT2D eigenvalue weighted by molar-refractivity contribution is 5.93. The Hall–Kier alpha value is -1.62. The number of hydrogen-bond acceptors (Lipinski definition) is 4. The van der Waals surface area contributed by atoms with Crippen LogP contribution in [0.1, 0.15) is 23.3 Å². The van der Waals surface area contributed by atoms with Crippen molar-refractivity contribution in [2.45, 2.75) is 18.9 Å². The van der Waals surface area contributed by atoms with Crippen LogP contribution < -0.4 is 5.32 Å². The predicted molar refractivity (Wildman–Crippen MR) is 76.4 cm³/mol. The number of amides is 1. The second kappa shape index (κ2) is 6.02. The Morgan fingerprint density at radius 3 is 3.05 bits per heavy atom. The fourth-order valence-corrected chi connectivity index (χ4v) is 2.51. The van der Waals surface area contributed by atoms with Crippen LogP contribution in [0.15, 0.2) is 18.3 Å². The summed E-state index contributed by atoms with van der Waals surface area (Å²) in [6.45, 7) is 1.89. The van der Waals surface area contributed by atoms with E-state index in [1.54, 1.807) is 17.2 Å². The molecular formula is C14H22N4O. The van der Waals surface area contributed by atoms with Crippen LogP contribution in [0, 0.1) is 0 Å². The van der Waals surface area contributed by atoms with Crippen molar-refractivity contribution >= 4 is 11.6 Å². The number of likely N-dealkylation sites (tertiary alicyclic amines) is 1. The molecule has 1 aromatic rings. The van der Waals surface area contributed by atoms with Gasteiger partial charge in [-0.25, -0.2) is 0 Å². The van der Waals surface area contributed by atoms with Crippen molar-refractivity contribution in [2.75, 3.05) is 39.5 Å². The third-order valence-electron chi connectivity index (χ3n) is 3.77. The highest BCUT2D eigenvalue weighted by atomic mass is 16.2. The largest absolute Gasteiger partial charge is 0.388 e. The molecule has 0 spiro atoms. The van der Waals surface area contributed by atoms with Crippen LogP contribution in [-0.4, -0.2) is 61.0 Å². The Morgan fingerprint density at radius 2 is 2.42 bits per heavy atom. The van der Waals surface area contributed by atoms with Gasteiger partial charge in [0.2, 0.25) is 0 Å². The predicted octanol–water partition coefficient (Wildman–Crippen LogP) is 1.29. The molecule has 0 aromatic carbocycles. The van der Waals surface area contributed by atoms with Gasteiger partial charge in [-0.05, 0) is 38.6 Å². The molecule has 0 radical (unpaired) electrons. The fraction of sp³-hybridized carbons (Fsp3) is 0.571. The lowest BCUT2D eigenvalue weighted by atomic mass is 10.2. The number of carbonyl (C=O) groups is 1. The lowest BCUT2D eigenvalue weighted by Gasteiger charge is -2.25. The molecule has 2 rings (SSSR count). The second-order valence-electron chi connectivity index (χ2n) is 5.14. The van der Waals surface area contributed by atoms with Crippen LogP contribution in [0.5, 0.6) is 0 Å². The van der Waals surface area contributed by atoms with E-state index >= 15 is 0 Å². The minimum Gasteiger partial charge on any atom is -0.388 e. The van der Waals surface area contributed by atoms with Crippen molar-refractivity contribution in [3.05, 3.63) is 24.0 Å². The normalized spacial score (nSPS) is 19.4. The van der Waals surface area contributed by atoms with Crippen LogP contribution in [0.4, 0.5) is 5.69 Å². The van der Waals surface area contributed by atoms with E-state index in [-0.39, 0.29) is 5.91 Å². The molecule has 2 heterocycles. The molecule has 104 valence electrons. The quantitative estimate of drug-likeness (QED) is 0.888. The molecule has 1 N–H and O–H groups in total. The maximum absolute atomic E-state index is 12.3. The third kappa shape index (κ3) is 3.23. The summed E-state index contributed by atoms with van der Waals surface area (Å²) in [7, 11) is 5.80. The molecular weight excluding hydrogens is 240 g/mol. The van der Waals surface area contributed by atoms with Crippen molar-refractivity contribution in [1.82, 2.24) is 14.8 Å². The first-order valence-electron chi connectivity index (χ1n) is 6.71. The molecule has 1 aliphatic rings. The maximum Gasteiger partial charge on any atom is 0.272 e. The van der Waals surface area contributed by atoms with Gasteiger partial charge in [0.25, 0.3) is 5.91 Å². The fourth-order valence-electron chi connectivity index (χ4n) is 2.51. The number of nitrogens with one attached hydrogen (secondary N) is 1. The molecule has 19 heavy (non-hydrogen) atoms. The number of aromatic nitrogens is 1. The molecule has 1 atom stereocenters. The summed E-state index contributed by atoms with van der Waals surface area (Å²) in [4.78, 5) is 20.6. The lowest BCUT2D eigenvalue weighted by Crippen LogP contribution is -2.39. The Labute approximate surface area is 114 Å². The number of rotatable bonds is 4. The Kier molecular flexibility index (Phi) is 4.37. The molecule has 5 heteroatoms. The minimum absolute atomic E-state index is 0.0163. The molecule has 0 aliphatic carbocycles. The number of pyridine rings is 1. The summed E-state index contributed by atoms with van der Waals surface area (Å²) in [5.74, 6) is -0.0163. The van der Waals surface area contributed by atoms with Gasteiger partial charge in [0.1, 0.15) is 5.69 Å². The van der Waals surface area contributed by atoms with Gasteiger partial charge < -0.3 is 15.1 Å². The topological polar surface area (TPSA) is 48.5 Å². The van der Waals surface area contributed by atoms with Crippen molar-refractivity contribution in [3.8, 4) is 0 Å². The van der Waals surface area contributed by atoms with Gasteiger partial charge in [-0.1, -0.05) is 0 Å². The summed E-state index contributed by atoms with van der Waals surface area (Å²) in [6.07, 6.45) is 4.05. The summed E-state index contributed by atoms with van der Waals surface area (Å²) in [6, 6.07) is 4.11. The summed E-state index contributed by atoms with van der Waals surface area (Å²) >= 11 is 0. The van der Waals surface area contributed by atoms with E-state index in [0.29, 0.717) is 11.7 Å². The first-order chi connectivity index (χ1) is 9.11. The van der Waals surface area contributed by atoms with Crippen LogP contribution >= 0.6 is 0 Å². The SMILES string of the molecule is CNc1ccnc(C(=O)N(C)CC2CCCN2C)c1. The van der Waals surface area contributed by atoms with Gasteiger partial charge in [-0.15, -0.1) is 0 Å². The summed E-state index contributed by atoms with van der Waals surface area (Å²) < 4.78 is 0.